The topological polar surface area (TPSA) is 72.5 Å². The monoisotopic (exact) mass is 239 g/mol. The highest BCUT2D eigenvalue weighted by molar-refractivity contribution is 5.93. The molecule has 1 unspecified atom stereocenters. The van der Waals surface area contributed by atoms with Crippen molar-refractivity contribution in [1.82, 2.24) is 0 Å². The minimum absolute atomic E-state index is 0.202. The van der Waals surface area contributed by atoms with Crippen molar-refractivity contribution in [2.75, 3.05) is 6.61 Å². The molecule has 17 heavy (non-hydrogen) atoms. The molecule has 0 fully saturated rings. The zero-order valence-electron chi connectivity index (χ0n) is 10.7. The number of aliphatic carboxylic acids is 1. The maximum Gasteiger partial charge on any atom is 0.335 e. The van der Waals surface area contributed by atoms with Gasteiger partial charge in [0.1, 0.15) is 0 Å². The molecule has 1 atom stereocenters. The Kier molecular flexibility index (Phi) is 4.75. The Morgan fingerprint density at radius 2 is 2.24 bits per heavy atom. The van der Waals surface area contributed by atoms with Crippen LogP contribution in [0.25, 0.3) is 0 Å². The second-order valence-corrected chi connectivity index (χ2v) is 4.36. The van der Waals surface area contributed by atoms with Crippen LogP contribution in [0, 0.1) is 0 Å². The molecule has 0 aromatic carbocycles. The average Bonchev–Trinajstić information content (AvgIpc) is 2.44. The van der Waals surface area contributed by atoms with E-state index in [0.717, 1.165) is 17.6 Å². The van der Waals surface area contributed by atoms with Gasteiger partial charge in [-0.1, -0.05) is 12.5 Å². The van der Waals surface area contributed by atoms with Gasteiger partial charge in [0, 0.05) is 12.3 Å². The molecule has 1 aliphatic heterocycles. The van der Waals surface area contributed by atoms with Gasteiger partial charge in [-0.25, -0.2) is 4.79 Å². The van der Waals surface area contributed by atoms with E-state index in [9.17, 15) is 9.90 Å². The van der Waals surface area contributed by atoms with Crippen molar-refractivity contribution in [3.8, 4) is 0 Å². The third-order valence-electron chi connectivity index (χ3n) is 3.20. The van der Waals surface area contributed by atoms with Gasteiger partial charge < -0.3 is 15.6 Å². The number of rotatable bonds is 3. The Morgan fingerprint density at radius 3 is 2.76 bits per heavy atom. The summed E-state index contributed by atoms with van der Waals surface area (Å²) in [7, 11) is 0. The zero-order valence-corrected chi connectivity index (χ0v) is 10.7. The first-order valence-electron chi connectivity index (χ1n) is 6.02. The van der Waals surface area contributed by atoms with Crippen LogP contribution < -0.4 is 5.73 Å². The minimum atomic E-state index is -0.892. The van der Waals surface area contributed by atoms with Gasteiger partial charge in [0.05, 0.1) is 11.7 Å². The summed E-state index contributed by atoms with van der Waals surface area (Å²) in [5, 5.41) is 9.33. The SMILES string of the molecule is CC/C(C)=C(\C(=O)O)C1=C(N)C(C)OCCC1. The lowest BCUT2D eigenvalue weighted by Crippen LogP contribution is -2.20. The molecule has 0 aromatic heterocycles. The number of carboxylic acids is 1. The number of carbonyl (C=O) groups is 1. The van der Waals surface area contributed by atoms with Gasteiger partial charge in [-0.15, -0.1) is 0 Å². The molecule has 0 bridgehead atoms. The molecule has 1 heterocycles. The number of nitrogens with two attached hydrogens (primary N) is 1. The molecule has 4 nitrogen and oxygen atoms in total. The highest BCUT2D eigenvalue weighted by atomic mass is 16.5. The van der Waals surface area contributed by atoms with E-state index in [0.29, 0.717) is 30.7 Å². The van der Waals surface area contributed by atoms with E-state index in [1.54, 1.807) is 0 Å². The quantitative estimate of drug-likeness (QED) is 0.741. The van der Waals surface area contributed by atoms with Crippen LogP contribution in [0.4, 0.5) is 0 Å². The summed E-state index contributed by atoms with van der Waals surface area (Å²) >= 11 is 0. The van der Waals surface area contributed by atoms with Crippen molar-refractivity contribution in [1.29, 1.82) is 0 Å². The number of hydrogen-bond donors (Lipinski definition) is 2. The molecule has 96 valence electrons. The molecule has 1 rings (SSSR count). The maximum atomic E-state index is 11.4. The highest BCUT2D eigenvalue weighted by Gasteiger charge is 2.23. The fraction of sp³-hybridized carbons (Fsp3) is 0.615. The molecular weight excluding hydrogens is 218 g/mol. The van der Waals surface area contributed by atoms with Crippen molar-refractivity contribution in [2.24, 2.45) is 5.73 Å². The van der Waals surface area contributed by atoms with Crippen LogP contribution in [-0.2, 0) is 9.53 Å². The number of ether oxygens (including phenoxy) is 1. The van der Waals surface area contributed by atoms with Crippen molar-refractivity contribution < 1.29 is 14.6 Å². The van der Waals surface area contributed by atoms with Crippen molar-refractivity contribution in [3.63, 3.8) is 0 Å². The van der Waals surface area contributed by atoms with Gasteiger partial charge in [-0.3, -0.25) is 0 Å². The molecule has 4 heteroatoms. The fourth-order valence-electron chi connectivity index (χ4n) is 2.00. The lowest BCUT2D eigenvalue weighted by Gasteiger charge is -2.15. The third kappa shape index (κ3) is 3.09. The lowest BCUT2D eigenvalue weighted by atomic mass is 9.93. The molecule has 0 radical (unpaired) electrons. The average molecular weight is 239 g/mol. The predicted molar refractivity (Wildman–Crippen MR) is 66.5 cm³/mol. The van der Waals surface area contributed by atoms with Crippen LogP contribution in [0.5, 0.6) is 0 Å². The van der Waals surface area contributed by atoms with Gasteiger partial charge in [-0.05, 0) is 38.7 Å². The Morgan fingerprint density at radius 1 is 1.59 bits per heavy atom. The third-order valence-corrected chi connectivity index (χ3v) is 3.20. The van der Waals surface area contributed by atoms with Gasteiger partial charge in [0.2, 0.25) is 0 Å². The van der Waals surface area contributed by atoms with Gasteiger partial charge in [-0.2, -0.15) is 0 Å². The van der Waals surface area contributed by atoms with Gasteiger partial charge in [0.25, 0.3) is 0 Å². The molecule has 0 aliphatic carbocycles. The summed E-state index contributed by atoms with van der Waals surface area (Å²) < 4.78 is 5.49. The first-order valence-corrected chi connectivity index (χ1v) is 6.02. The Labute approximate surface area is 102 Å². The Balaban J connectivity index is 3.26. The summed E-state index contributed by atoms with van der Waals surface area (Å²) in [6, 6.07) is 0. The summed E-state index contributed by atoms with van der Waals surface area (Å²) in [6.07, 6.45) is 2.00. The van der Waals surface area contributed by atoms with Crippen LogP contribution in [0.1, 0.15) is 40.0 Å². The van der Waals surface area contributed by atoms with E-state index >= 15 is 0 Å². The summed E-state index contributed by atoms with van der Waals surface area (Å²) in [5.74, 6) is -0.892. The largest absolute Gasteiger partial charge is 0.478 e. The van der Waals surface area contributed by atoms with Crippen molar-refractivity contribution in [3.05, 3.63) is 22.4 Å². The van der Waals surface area contributed by atoms with E-state index in [2.05, 4.69) is 0 Å². The normalized spacial score (nSPS) is 23.1. The number of carboxylic acid groups (broad SMARTS) is 1. The molecule has 0 aromatic rings. The van der Waals surface area contributed by atoms with E-state index < -0.39 is 5.97 Å². The molecular formula is C13H21NO3. The van der Waals surface area contributed by atoms with Crippen LogP contribution in [0.3, 0.4) is 0 Å². The minimum Gasteiger partial charge on any atom is -0.478 e. The smallest absolute Gasteiger partial charge is 0.335 e. The van der Waals surface area contributed by atoms with Gasteiger partial charge >= 0.3 is 5.97 Å². The number of hydrogen-bond acceptors (Lipinski definition) is 3. The summed E-state index contributed by atoms with van der Waals surface area (Å²) in [5.41, 5.74) is 8.57. The molecule has 3 N–H and O–H groups in total. The summed E-state index contributed by atoms with van der Waals surface area (Å²) in [6.45, 7) is 6.29. The lowest BCUT2D eigenvalue weighted by molar-refractivity contribution is -0.132. The highest BCUT2D eigenvalue weighted by Crippen LogP contribution is 2.27. The van der Waals surface area contributed by atoms with Crippen LogP contribution in [-0.4, -0.2) is 23.8 Å². The van der Waals surface area contributed by atoms with Gasteiger partial charge in [0.15, 0.2) is 0 Å². The summed E-state index contributed by atoms with van der Waals surface area (Å²) in [4.78, 5) is 11.4. The van der Waals surface area contributed by atoms with Crippen molar-refractivity contribution in [2.45, 2.75) is 46.1 Å². The van der Waals surface area contributed by atoms with Crippen LogP contribution >= 0.6 is 0 Å². The predicted octanol–water partition coefficient (Wildman–Crippen LogP) is 2.21. The first kappa shape index (κ1) is 13.8. The Hall–Kier alpha value is -1.29. The van der Waals surface area contributed by atoms with Crippen molar-refractivity contribution >= 4 is 5.97 Å². The molecule has 0 saturated heterocycles. The molecule has 0 amide bonds. The van der Waals surface area contributed by atoms with E-state index in [1.165, 1.54) is 0 Å². The first-order chi connectivity index (χ1) is 7.99. The van der Waals surface area contributed by atoms with E-state index in [1.807, 2.05) is 20.8 Å². The Bertz CT molecular complexity index is 369. The molecule has 1 aliphatic rings. The van der Waals surface area contributed by atoms with Crippen LogP contribution in [0.15, 0.2) is 22.4 Å². The van der Waals surface area contributed by atoms with E-state index in [-0.39, 0.29) is 6.10 Å². The molecule has 0 spiro atoms. The number of allylic oxidation sites excluding steroid dienone is 1. The fourth-order valence-corrected chi connectivity index (χ4v) is 2.00. The maximum absolute atomic E-state index is 11.4. The van der Waals surface area contributed by atoms with E-state index in [4.69, 9.17) is 10.5 Å². The molecule has 0 saturated carbocycles. The standard InChI is InChI=1S/C13H21NO3/c1-4-8(2)11(13(15)16)10-6-5-7-17-9(3)12(10)14/h9H,4-7,14H2,1-3H3,(H,15,16)/b11-8-. The second kappa shape index (κ2) is 5.87. The second-order valence-electron chi connectivity index (χ2n) is 4.36. The van der Waals surface area contributed by atoms with Crippen LogP contribution in [0.2, 0.25) is 0 Å². The zero-order chi connectivity index (χ0) is 13.0.